The molecule has 0 aromatic heterocycles. The maximum absolute atomic E-state index is 11.9. The van der Waals surface area contributed by atoms with Gasteiger partial charge in [-0.15, -0.1) is 0 Å². The van der Waals surface area contributed by atoms with Gasteiger partial charge in [0.05, 0.1) is 26.7 Å². The second-order valence-electron chi connectivity index (χ2n) is 4.79. The van der Waals surface area contributed by atoms with E-state index >= 15 is 0 Å². The molecule has 5 nitrogen and oxygen atoms in total. The second kappa shape index (κ2) is 10.2. The molecule has 2 aromatic carbocycles. The molecular formula is C16H11Br5N2O3. The first kappa shape index (κ1) is 21.9. The van der Waals surface area contributed by atoms with Crippen molar-refractivity contribution in [3.63, 3.8) is 0 Å². The zero-order valence-corrected chi connectivity index (χ0v) is 21.1. The fraction of sp³-hybridized carbons (Fsp3) is 0.125. The van der Waals surface area contributed by atoms with Crippen LogP contribution in [0.3, 0.4) is 0 Å². The second-order valence-corrected chi connectivity index (χ2v) is 9.18. The Bertz CT molecular complexity index is 835. The number of nitrogens with one attached hydrogen (secondary N) is 1. The van der Waals surface area contributed by atoms with Crippen molar-refractivity contribution in [3.05, 3.63) is 52.2 Å². The van der Waals surface area contributed by atoms with Crippen LogP contribution in [0.25, 0.3) is 0 Å². The molecule has 0 fully saturated rings. The van der Waals surface area contributed by atoms with E-state index in [0.29, 0.717) is 17.1 Å². The van der Waals surface area contributed by atoms with Gasteiger partial charge in [0, 0.05) is 14.5 Å². The number of nitrogens with zero attached hydrogens (tertiary/aromatic N) is 1. The Morgan fingerprint density at radius 1 is 1.00 bits per heavy atom. The Kier molecular flexibility index (Phi) is 8.59. The average molecular weight is 679 g/mol. The van der Waals surface area contributed by atoms with Gasteiger partial charge in [0.25, 0.3) is 5.91 Å². The first-order chi connectivity index (χ1) is 12.3. The van der Waals surface area contributed by atoms with Gasteiger partial charge < -0.3 is 9.47 Å². The Morgan fingerprint density at radius 3 is 2.12 bits per heavy atom. The monoisotopic (exact) mass is 674 g/mol. The first-order valence-corrected chi connectivity index (χ1v) is 10.9. The van der Waals surface area contributed by atoms with Gasteiger partial charge in [-0.05, 0) is 72.1 Å². The minimum absolute atomic E-state index is 0.185. The molecule has 0 atom stereocenters. The number of halogens is 5. The highest BCUT2D eigenvalue weighted by Crippen LogP contribution is 2.36. The van der Waals surface area contributed by atoms with Gasteiger partial charge in [-0.3, -0.25) is 4.79 Å². The zero-order valence-electron chi connectivity index (χ0n) is 13.2. The van der Waals surface area contributed by atoms with Crippen molar-refractivity contribution in [2.45, 2.75) is 0 Å². The lowest BCUT2D eigenvalue weighted by Crippen LogP contribution is -2.24. The molecule has 0 saturated carbocycles. The Labute approximate surface area is 192 Å². The normalized spacial score (nSPS) is 10.8. The van der Waals surface area contributed by atoms with Crippen LogP contribution in [0, 0.1) is 0 Å². The van der Waals surface area contributed by atoms with Gasteiger partial charge >= 0.3 is 0 Å². The zero-order chi connectivity index (χ0) is 19.3. The summed E-state index contributed by atoms with van der Waals surface area (Å²) in [5.74, 6) is 0.756. The summed E-state index contributed by atoms with van der Waals surface area (Å²) in [5, 5.41) is 3.95. The van der Waals surface area contributed by atoms with E-state index in [1.165, 1.54) is 6.21 Å². The van der Waals surface area contributed by atoms with E-state index in [1.54, 1.807) is 7.11 Å². The molecule has 138 valence electrons. The van der Waals surface area contributed by atoms with Gasteiger partial charge in [0.15, 0.2) is 6.61 Å². The Morgan fingerprint density at radius 2 is 1.54 bits per heavy atom. The van der Waals surface area contributed by atoms with Gasteiger partial charge in [-0.25, -0.2) is 5.43 Å². The fourth-order valence-electron chi connectivity index (χ4n) is 1.90. The van der Waals surface area contributed by atoms with Gasteiger partial charge in [0.1, 0.15) is 11.5 Å². The molecule has 26 heavy (non-hydrogen) atoms. The van der Waals surface area contributed by atoms with E-state index in [-0.39, 0.29) is 6.61 Å². The topological polar surface area (TPSA) is 59.9 Å². The number of benzene rings is 2. The molecule has 0 aliphatic heterocycles. The van der Waals surface area contributed by atoms with Crippen molar-refractivity contribution in [3.8, 4) is 11.5 Å². The summed E-state index contributed by atoms with van der Waals surface area (Å²) in [5.41, 5.74) is 3.12. The molecule has 0 saturated heterocycles. The van der Waals surface area contributed by atoms with Crippen LogP contribution in [-0.2, 0) is 4.79 Å². The first-order valence-electron chi connectivity index (χ1n) is 6.94. The lowest BCUT2D eigenvalue weighted by Gasteiger charge is -2.10. The summed E-state index contributed by atoms with van der Waals surface area (Å²) in [4.78, 5) is 11.9. The van der Waals surface area contributed by atoms with Crippen LogP contribution in [0.1, 0.15) is 5.56 Å². The highest BCUT2D eigenvalue weighted by molar-refractivity contribution is 9.12. The summed E-state index contributed by atoms with van der Waals surface area (Å²) in [6.45, 7) is -0.185. The molecule has 0 unspecified atom stereocenters. The van der Waals surface area contributed by atoms with Crippen molar-refractivity contribution in [2.24, 2.45) is 5.10 Å². The molecule has 2 rings (SSSR count). The summed E-state index contributed by atoms with van der Waals surface area (Å²) < 4.78 is 14.8. The predicted molar refractivity (Wildman–Crippen MR) is 119 cm³/mol. The highest BCUT2D eigenvalue weighted by Gasteiger charge is 2.11. The largest absolute Gasteiger partial charge is 0.495 e. The van der Waals surface area contributed by atoms with Crippen LogP contribution in [0.2, 0.25) is 0 Å². The number of hydrogen-bond donors (Lipinski definition) is 1. The molecular weight excluding hydrogens is 668 g/mol. The van der Waals surface area contributed by atoms with Crippen molar-refractivity contribution in [1.82, 2.24) is 5.43 Å². The summed E-state index contributed by atoms with van der Waals surface area (Å²) in [7, 11) is 1.56. The Hall–Kier alpha value is -0.420. The number of hydrogen-bond acceptors (Lipinski definition) is 4. The summed E-state index contributed by atoms with van der Waals surface area (Å²) >= 11 is 17.0. The number of carbonyl (C=O) groups excluding carboxylic acids is 1. The van der Waals surface area contributed by atoms with Crippen LogP contribution < -0.4 is 14.9 Å². The van der Waals surface area contributed by atoms with Crippen LogP contribution in [0.4, 0.5) is 0 Å². The molecule has 1 N–H and O–H groups in total. The van der Waals surface area contributed by atoms with E-state index < -0.39 is 5.91 Å². The van der Waals surface area contributed by atoms with Crippen molar-refractivity contribution in [2.75, 3.05) is 13.7 Å². The number of hydrazone groups is 1. The van der Waals surface area contributed by atoms with Crippen molar-refractivity contribution in [1.29, 1.82) is 0 Å². The third kappa shape index (κ3) is 6.05. The minimum Gasteiger partial charge on any atom is -0.495 e. The van der Waals surface area contributed by atoms with E-state index in [9.17, 15) is 4.79 Å². The van der Waals surface area contributed by atoms with Gasteiger partial charge in [0.2, 0.25) is 0 Å². The van der Waals surface area contributed by atoms with E-state index in [4.69, 9.17) is 9.47 Å². The smallest absolute Gasteiger partial charge is 0.277 e. The van der Waals surface area contributed by atoms with Gasteiger partial charge in [-0.1, -0.05) is 31.9 Å². The van der Waals surface area contributed by atoms with Crippen LogP contribution in [0.5, 0.6) is 11.5 Å². The molecule has 0 spiro atoms. The third-order valence-corrected chi connectivity index (χ3v) is 5.63. The minimum atomic E-state index is -0.393. The van der Waals surface area contributed by atoms with E-state index in [0.717, 1.165) is 22.4 Å². The molecule has 0 radical (unpaired) electrons. The fourth-order valence-corrected chi connectivity index (χ4v) is 5.81. The highest BCUT2D eigenvalue weighted by atomic mass is 79.9. The molecule has 2 aromatic rings. The third-order valence-electron chi connectivity index (χ3n) is 2.94. The number of methoxy groups -OCH3 is 1. The molecule has 1 amide bonds. The number of ether oxygens (including phenoxy) is 2. The average Bonchev–Trinajstić information content (AvgIpc) is 2.53. The molecule has 0 bridgehead atoms. The van der Waals surface area contributed by atoms with Gasteiger partial charge in [-0.2, -0.15) is 5.10 Å². The van der Waals surface area contributed by atoms with Crippen LogP contribution in [-0.4, -0.2) is 25.8 Å². The maximum atomic E-state index is 11.9. The number of amides is 1. The summed E-state index contributed by atoms with van der Waals surface area (Å²) in [6.07, 6.45) is 1.50. The van der Waals surface area contributed by atoms with E-state index in [2.05, 4.69) is 90.2 Å². The quantitative estimate of drug-likeness (QED) is 0.300. The molecule has 0 heterocycles. The number of rotatable bonds is 6. The maximum Gasteiger partial charge on any atom is 0.277 e. The Balaban J connectivity index is 1.99. The lowest BCUT2D eigenvalue weighted by molar-refractivity contribution is -0.123. The molecule has 10 heteroatoms. The predicted octanol–water partition coefficient (Wildman–Crippen LogP) is 6.04. The summed E-state index contributed by atoms with van der Waals surface area (Å²) in [6, 6.07) is 7.34. The number of carbonyl (C=O) groups is 1. The van der Waals surface area contributed by atoms with Crippen molar-refractivity contribution >= 4 is 91.8 Å². The SMILES string of the molecule is COc1c(Br)cc(Br)cc1/C=N\NC(=O)COc1c(Br)cc(Br)cc1Br. The molecule has 0 aliphatic rings. The van der Waals surface area contributed by atoms with Crippen LogP contribution >= 0.6 is 79.6 Å². The van der Waals surface area contributed by atoms with Crippen LogP contribution in [0.15, 0.2) is 51.7 Å². The standard InChI is InChI=1S/C16H11Br5N2O3/c1-25-15-8(2-9(17)3-11(15)19)6-22-23-14(24)7-26-16-12(20)4-10(18)5-13(16)21/h2-6H,7H2,1H3,(H,23,24)/b22-6-. The van der Waals surface area contributed by atoms with Crippen molar-refractivity contribution < 1.29 is 14.3 Å². The molecule has 0 aliphatic carbocycles. The lowest BCUT2D eigenvalue weighted by atomic mass is 10.2. The van der Waals surface area contributed by atoms with E-state index in [1.807, 2.05) is 24.3 Å².